The van der Waals surface area contributed by atoms with Crippen molar-refractivity contribution in [2.24, 2.45) is 0 Å². The zero-order valence-corrected chi connectivity index (χ0v) is 21.6. The fourth-order valence-electron chi connectivity index (χ4n) is 5.12. The quantitative estimate of drug-likeness (QED) is 0.308. The molecule has 7 nitrogen and oxygen atoms in total. The molecule has 190 valence electrons. The number of fused-ring (bicyclic) bond motifs is 3. The number of hydrogen-bond donors (Lipinski definition) is 1. The Labute approximate surface area is 221 Å². The molecule has 0 saturated carbocycles. The van der Waals surface area contributed by atoms with Gasteiger partial charge in [-0.2, -0.15) is 5.10 Å². The molecule has 0 fully saturated rings. The van der Waals surface area contributed by atoms with Gasteiger partial charge < -0.3 is 19.5 Å². The number of aromatic nitrogens is 3. The highest BCUT2D eigenvalue weighted by atomic mass is 16.5. The van der Waals surface area contributed by atoms with Gasteiger partial charge in [-0.1, -0.05) is 48.0 Å². The van der Waals surface area contributed by atoms with Gasteiger partial charge in [-0.3, -0.25) is 0 Å². The average molecular weight is 504 g/mol. The Kier molecular flexibility index (Phi) is 5.96. The molecule has 38 heavy (non-hydrogen) atoms. The summed E-state index contributed by atoms with van der Waals surface area (Å²) < 4.78 is 9.43. The number of urea groups is 1. The number of rotatable bonds is 4. The van der Waals surface area contributed by atoms with Crippen LogP contribution in [0.2, 0.25) is 0 Å². The van der Waals surface area contributed by atoms with Crippen LogP contribution >= 0.6 is 0 Å². The van der Waals surface area contributed by atoms with E-state index in [1.165, 1.54) is 5.56 Å². The monoisotopic (exact) mass is 503 g/mol. The molecule has 2 aromatic heterocycles. The number of nitrogens with zero attached hydrogens (tertiary/aromatic N) is 4. The van der Waals surface area contributed by atoms with Crippen LogP contribution in [0.4, 0.5) is 10.5 Å². The van der Waals surface area contributed by atoms with Gasteiger partial charge in [0.2, 0.25) is 0 Å². The first-order valence-corrected chi connectivity index (χ1v) is 12.6. The first-order chi connectivity index (χ1) is 18.5. The second-order valence-electron chi connectivity index (χ2n) is 9.54. The van der Waals surface area contributed by atoms with Crippen LogP contribution in [0, 0.1) is 13.8 Å². The summed E-state index contributed by atoms with van der Waals surface area (Å²) in [5.41, 5.74) is 6.78. The van der Waals surface area contributed by atoms with Crippen molar-refractivity contribution in [1.29, 1.82) is 0 Å². The van der Waals surface area contributed by atoms with Crippen molar-refractivity contribution in [3.05, 3.63) is 125 Å². The van der Waals surface area contributed by atoms with Crippen molar-refractivity contribution in [2.45, 2.75) is 26.4 Å². The second kappa shape index (κ2) is 9.59. The minimum atomic E-state index is -0.306. The van der Waals surface area contributed by atoms with Crippen LogP contribution in [0.5, 0.6) is 5.75 Å². The van der Waals surface area contributed by atoms with Crippen LogP contribution in [-0.2, 0) is 6.54 Å². The summed E-state index contributed by atoms with van der Waals surface area (Å²) in [6, 6.07) is 29.5. The topological polar surface area (TPSA) is 64.3 Å². The minimum absolute atomic E-state index is 0.187. The Morgan fingerprint density at radius 2 is 1.66 bits per heavy atom. The van der Waals surface area contributed by atoms with Gasteiger partial charge in [0.05, 0.1) is 36.8 Å². The minimum Gasteiger partial charge on any atom is -0.497 e. The Morgan fingerprint density at radius 1 is 0.921 bits per heavy atom. The lowest BCUT2D eigenvalue weighted by Gasteiger charge is -2.31. The molecule has 2 amide bonds. The van der Waals surface area contributed by atoms with Crippen LogP contribution in [0.1, 0.15) is 34.1 Å². The molecule has 0 radical (unpaired) electrons. The van der Waals surface area contributed by atoms with E-state index < -0.39 is 0 Å². The number of hydrogen-bond acceptors (Lipinski definition) is 3. The maximum absolute atomic E-state index is 14.0. The van der Waals surface area contributed by atoms with Crippen molar-refractivity contribution >= 4 is 11.7 Å². The van der Waals surface area contributed by atoms with E-state index in [2.05, 4.69) is 53.3 Å². The Hall–Kier alpha value is -4.78. The first-order valence-electron chi connectivity index (χ1n) is 12.6. The molecular weight excluding hydrogens is 474 g/mol. The molecule has 3 aromatic carbocycles. The third-order valence-corrected chi connectivity index (χ3v) is 7.08. The predicted molar refractivity (Wildman–Crippen MR) is 148 cm³/mol. The molecule has 0 saturated heterocycles. The largest absolute Gasteiger partial charge is 0.497 e. The van der Waals surface area contributed by atoms with Crippen molar-refractivity contribution in [1.82, 2.24) is 19.2 Å². The number of carbonyl (C=O) groups excluding carboxylic acids is 1. The molecule has 1 aliphatic heterocycles. The third-order valence-electron chi connectivity index (χ3n) is 7.08. The third kappa shape index (κ3) is 4.12. The fraction of sp³-hybridized carbons (Fsp3) is 0.161. The summed E-state index contributed by atoms with van der Waals surface area (Å²) in [5, 5.41) is 8.02. The van der Waals surface area contributed by atoms with Crippen LogP contribution in [0.15, 0.2) is 97.2 Å². The number of para-hydroxylation sites is 1. The number of aryl methyl sites for hydroxylation is 2. The standard InChI is InChI=1S/C31H29N5O2/c1-21-11-13-23(14-12-21)29-28-10-7-19-34(28)30-27(22(2)33-36(30)25-8-5-4-6-9-25)20-35(29)31(37)32-24-15-17-26(38-3)18-16-24/h4-19,29H,20H2,1-3H3,(H,32,37)/t29-/m0/s1. The summed E-state index contributed by atoms with van der Waals surface area (Å²) in [5.74, 6) is 1.69. The molecule has 3 heterocycles. The maximum Gasteiger partial charge on any atom is 0.322 e. The van der Waals surface area contributed by atoms with Gasteiger partial charge in [-0.25, -0.2) is 9.48 Å². The van der Waals surface area contributed by atoms with Crippen LogP contribution in [0.3, 0.4) is 0 Å². The highest BCUT2D eigenvalue weighted by Crippen LogP contribution is 2.38. The summed E-state index contributed by atoms with van der Waals surface area (Å²) in [6.07, 6.45) is 2.06. The lowest BCUT2D eigenvalue weighted by atomic mass is 10.0. The SMILES string of the molecule is COc1ccc(NC(=O)N2Cc3c(C)nn(-c4ccccc4)c3-n3cccc3[C@@H]2c2ccc(C)cc2)cc1. The molecule has 0 aliphatic carbocycles. The van der Waals surface area contributed by atoms with Gasteiger partial charge in [0.1, 0.15) is 11.6 Å². The van der Waals surface area contributed by atoms with Crippen LogP contribution < -0.4 is 10.1 Å². The van der Waals surface area contributed by atoms with Gasteiger partial charge in [0.15, 0.2) is 0 Å². The fourth-order valence-corrected chi connectivity index (χ4v) is 5.12. The molecular formula is C31H29N5O2. The number of carbonyl (C=O) groups is 1. The van der Waals surface area contributed by atoms with E-state index in [-0.39, 0.29) is 12.1 Å². The summed E-state index contributed by atoms with van der Waals surface area (Å²) in [7, 11) is 1.63. The van der Waals surface area contributed by atoms with E-state index in [4.69, 9.17) is 9.84 Å². The zero-order chi connectivity index (χ0) is 26.2. The number of amides is 2. The Balaban J connectivity index is 1.50. The van der Waals surface area contributed by atoms with E-state index in [1.54, 1.807) is 7.11 Å². The van der Waals surface area contributed by atoms with Gasteiger partial charge in [0, 0.05) is 17.4 Å². The Bertz CT molecular complexity index is 1580. The van der Waals surface area contributed by atoms with Crippen molar-refractivity contribution < 1.29 is 9.53 Å². The second-order valence-corrected chi connectivity index (χ2v) is 9.54. The van der Waals surface area contributed by atoms with Gasteiger partial charge in [-0.15, -0.1) is 0 Å². The highest BCUT2D eigenvalue weighted by molar-refractivity contribution is 5.90. The molecule has 6 rings (SSSR count). The first kappa shape index (κ1) is 23.6. The number of ether oxygens (including phenoxy) is 1. The summed E-state index contributed by atoms with van der Waals surface area (Å²) >= 11 is 0. The van der Waals surface area contributed by atoms with E-state index in [0.717, 1.165) is 39.8 Å². The lowest BCUT2D eigenvalue weighted by molar-refractivity contribution is 0.194. The molecule has 0 spiro atoms. The van der Waals surface area contributed by atoms with Crippen LogP contribution in [-0.4, -0.2) is 32.4 Å². The van der Waals surface area contributed by atoms with E-state index in [1.807, 2.05) is 77.2 Å². The van der Waals surface area contributed by atoms with Crippen molar-refractivity contribution in [3.63, 3.8) is 0 Å². The van der Waals surface area contributed by atoms with Crippen LogP contribution in [0.25, 0.3) is 11.5 Å². The van der Waals surface area contributed by atoms with E-state index in [9.17, 15) is 4.79 Å². The summed E-state index contributed by atoms with van der Waals surface area (Å²) in [6.45, 7) is 4.48. The van der Waals surface area contributed by atoms with Gasteiger partial charge in [-0.05, 0) is 67.9 Å². The zero-order valence-electron chi connectivity index (χ0n) is 21.6. The smallest absolute Gasteiger partial charge is 0.322 e. The average Bonchev–Trinajstić information content (AvgIpc) is 3.50. The number of methoxy groups -OCH3 is 1. The van der Waals surface area contributed by atoms with Gasteiger partial charge >= 0.3 is 6.03 Å². The molecule has 1 atom stereocenters. The van der Waals surface area contributed by atoms with Crippen molar-refractivity contribution in [2.75, 3.05) is 12.4 Å². The predicted octanol–water partition coefficient (Wildman–Crippen LogP) is 6.43. The molecule has 5 aromatic rings. The lowest BCUT2D eigenvalue weighted by Crippen LogP contribution is -2.38. The molecule has 1 N–H and O–H groups in total. The van der Waals surface area contributed by atoms with Crippen molar-refractivity contribution in [3.8, 4) is 17.3 Å². The maximum atomic E-state index is 14.0. The summed E-state index contributed by atoms with van der Waals surface area (Å²) in [4.78, 5) is 15.9. The number of benzene rings is 3. The van der Waals surface area contributed by atoms with E-state index >= 15 is 0 Å². The molecule has 1 aliphatic rings. The van der Waals surface area contributed by atoms with E-state index in [0.29, 0.717) is 12.2 Å². The number of nitrogens with one attached hydrogen (secondary N) is 1. The highest BCUT2D eigenvalue weighted by Gasteiger charge is 2.36. The normalized spacial score (nSPS) is 14.4. The molecule has 0 unspecified atom stereocenters. The van der Waals surface area contributed by atoms with Gasteiger partial charge in [0.25, 0.3) is 0 Å². The molecule has 0 bridgehead atoms. The Morgan fingerprint density at radius 3 is 2.37 bits per heavy atom. The molecule has 7 heteroatoms. The number of anilines is 1.